The maximum Gasteiger partial charge on any atom is 0.323 e. The number of anilines is 2. The molecule has 18 heavy (non-hydrogen) atoms. The van der Waals surface area contributed by atoms with Crippen LogP contribution in [0.25, 0.3) is 0 Å². The van der Waals surface area contributed by atoms with Crippen molar-refractivity contribution in [1.29, 1.82) is 0 Å². The van der Waals surface area contributed by atoms with Gasteiger partial charge < -0.3 is 9.64 Å². The van der Waals surface area contributed by atoms with E-state index in [1.54, 1.807) is 0 Å². The van der Waals surface area contributed by atoms with E-state index >= 15 is 0 Å². The number of aromatic nitrogens is 3. The lowest BCUT2D eigenvalue weighted by Crippen LogP contribution is -2.33. The molecule has 2 heterocycles. The molecule has 2 fully saturated rings. The number of rotatable bonds is 4. The number of nitrogen functional groups attached to an aromatic ring is 1. The number of fused-ring (bicyclic) bond motifs is 2. The molecule has 2 bridgehead atoms. The van der Waals surface area contributed by atoms with Gasteiger partial charge in [-0.25, -0.2) is 5.84 Å². The molecular weight excluding hydrogens is 232 g/mol. The highest BCUT2D eigenvalue weighted by atomic mass is 16.5. The summed E-state index contributed by atoms with van der Waals surface area (Å²) in [6, 6.07) is 0.899. The van der Waals surface area contributed by atoms with Crippen LogP contribution >= 0.6 is 0 Å². The summed E-state index contributed by atoms with van der Waals surface area (Å²) < 4.78 is 5.34. The second-order valence-corrected chi connectivity index (χ2v) is 4.80. The van der Waals surface area contributed by atoms with Gasteiger partial charge in [0, 0.05) is 12.6 Å². The Kier molecular flexibility index (Phi) is 2.91. The summed E-state index contributed by atoms with van der Waals surface area (Å²) in [5.74, 6) is 7.20. The molecule has 2 atom stereocenters. The molecule has 7 heteroatoms. The third-order valence-corrected chi connectivity index (χ3v) is 3.67. The van der Waals surface area contributed by atoms with Gasteiger partial charge in [-0.15, -0.1) is 0 Å². The van der Waals surface area contributed by atoms with Crippen molar-refractivity contribution in [2.45, 2.75) is 32.2 Å². The maximum absolute atomic E-state index is 5.38. The monoisotopic (exact) mass is 250 g/mol. The summed E-state index contributed by atoms with van der Waals surface area (Å²) in [6.07, 6.45) is 3.80. The zero-order valence-electron chi connectivity index (χ0n) is 10.5. The van der Waals surface area contributed by atoms with E-state index in [9.17, 15) is 0 Å². The third-order valence-electron chi connectivity index (χ3n) is 3.67. The van der Waals surface area contributed by atoms with E-state index in [1.807, 2.05) is 6.92 Å². The Labute approximate surface area is 106 Å². The zero-order valence-corrected chi connectivity index (χ0v) is 10.5. The van der Waals surface area contributed by atoms with Gasteiger partial charge in [0.1, 0.15) is 0 Å². The van der Waals surface area contributed by atoms with Crippen LogP contribution in [0.4, 0.5) is 11.9 Å². The van der Waals surface area contributed by atoms with Crippen LogP contribution in [-0.4, -0.2) is 34.1 Å². The van der Waals surface area contributed by atoms with Gasteiger partial charge in [-0.05, 0) is 32.1 Å². The molecule has 7 nitrogen and oxygen atoms in total. The van der Waals surface area contributed by atoms with Crippen molar-refractivity contribution < 1.29 is 4.74 Å². The SMILES string of the molecule is CCOc1nc(NN)nc(N2CC3CCC2C3)n1. The first kappa shape index (κ1) is 11.5. The van der Waals surface area contributed by atoms with Gasteiger partial charge in [0.15, 0.2) is 0 Å². The summed E-state index contributed by atoms with van der Waals surface area (Å²) >= 11 is 0. The van der Waals surface area contributed by atoms with E-state index in [0.717, 1.165) is 12.5 Å². The molecule has 1 aliphatic heterocycles. The molecule has 1 aromatic rings. The summed E-state index contributed by atoms with van der Waals surface area (Å²) in [5.41, 5.74) is 2.46. The Morgan fingerprint density at radius 3 is 2.89 bits per heavy atom. The summed E-state index contributed by atoms with van der Waals surface area (Å²) in [6.45, 7) is 3.46. The molecule has 2 unspecified atom stereocenters. The van der Waals surface area contributed by atoms with E-state index in [0.29, 0.717) is 30.6 Å². The predicted molar refractivity (Wildman–Crippen MR) is 67.3 cm³/mol. The molecule has 3 N–H and O–H groups in total. The molecule has 2 aliphatic rings. The summed E-state index contributed by atoms with van der Waals surface area (Å²) in [4.78, 5) is 15.0. The number of hydrazine groups is 1. The molecule has 3 rings (SSSR count). The lowest BCUT2D eigenvalue weighted by atomic mass is 10.1. The molecule has 1 aromatic heterocycles. The summed E-state index contributed by atoms with van der Waals surface area (Å²) in [5, 5.41) is 0. The number of hydrogen-bond donors (Lipinski definition) is 2. The molecule has 1 saturated heterocycles. The second kappa shape index (κ2) is 4.56. The number of nitrogens with two attached hydrogens (primary N) is 1. The minimum Gasteiger partial charge on any atom is -0.464 e. The van der Waals surface area contributed by atoms with Gasteiger partial charge in [0.25, 0.3) is 0 Å². The van der Waals surface area contributed by atoms with Gasteiger partial charge in [0.05, 0.1) is 6.61 Å². The largest absolute Gasteiger partial charge is 0.464 e. The van der Waals surface area contributed by atoms with E-state index in [1.165, 1.54) is 19.3 Å². The predicted octanol–water partition coefficient (Wildman–Crippen LogP) is 0.545. The van der Waals surface area contributed by atoms with Crippen molar-refractivity contribution in [2.75, 3.05) is 23.5 Å². The van der Waals surface area contributed by atoms with Crippen molar-refractivity contribution in [3.63, 3.8) is 0 Å². The average Bonchev–Trinajstić information content (AvgIpc) is 3.01. The van der Waals surface area contributed by atoms with Crippen molar-refractivity contribution in [2.24, 2.45) is 11.8 Å². The van der Waals surface area contributed by atoms with Crippen molar-refractivity contribution in [3.05, 3.63) is 0 Å². The summed E-state index contributed by atoms with van der Waals surface area (Å²) in [7, 11) is 0. The van der Waals surface area contributed by atoms with Gasteiger partial charge in [-0.3, -0.25) is 5.43 Å². The van der Waals surface area contributed by atoms with Crippen molar-refractivity contribution in [1.82, 2.24) is 15.0 Å². The lowest BCUT2D eigenvalue weighted by Gasteiger charge is -2.27. The van der Waals surface area contributed by atoms with E-state index in [-0.39, 0.29) is 0 Å². The second-order valence-electron chi connectivity index (χ2n) is 4.80. The van der Waals surface area contributed by atoms with Crippen LogP contribution in [0.2, 0.25) is 0 Å². The molecule has 0 spiro atoms. The Balaban J connectivity index is 1.88. The lowest BCUT2D eigenvalue weighted by molar-refractivity contribution is 0.311. The zero-order chi connectivity index (χ0) is 12.5. The number of nitrogens with one attached hydrogen (secondary N) is 1. The quantitative estimate of drug-likeness (QED) is 0.595. The molecule has 0 radical (unpaired) electrons. The first-order chi connectivity index (χ1) is 8.80. The highest BCUT2D eigenvalue weighted by Gasteiger charge is 2.39. The van der Waals surface area contributed by atoms with Gasteiger partial charge >= 0.3 is 6.01 Å². The maximum atomic E-state index is 5.38. The van der Waals surface area contributed by atoms with Crippen LogP contribution in [0.3, 0.4) is 0 Å². The van der Waals surface area contributed by atoms with Crippen LogP contribution in [0.1, 0.15) is 26.2 Å². The average molecular weight is 250 g/mol. The van der Waals surface area contributed by atoms with E-state index < -0.39 is 0 Å². The van der Waals surface area contributed by atoms with Crippen LogP contribution in [0.5, 0.6) is 6.01 Å². The number of hydrogen-bond acceptors (Lipinski definition) is 7. The topological polar surface area (TPSA) is 89.2 Å². The van der Waals surface area contributed by atoms with Gasteiger partial charge in [-0.2, -0.15) is 15.0 Å². The minimum atomic E-state index is 0.332. The van der Waals surface area contributed by atoms with Crippen molar-refractivity contribution >= 4 is 11.9 Å². The normalized spacial score (nSPS) is 25.6. The smallest absolute Gasteiger partial charge is 0.323 e. The highest BCUT2D eigenvalue weighted by molar-refractivity contribution is 5.41. The fourth-order valence-corrected chi connectivity index (χ4v) is 2.90. The van der Waals surface area contributed by atoms with Crippen molar-refractivity contribution in [3.8, 4) is 6.01 Å². The van der Waals surface area contributed by atoms with Gasteiger partial charge in [-0.1, -0.05) is 0 Å². The van der Waals surface area contributed by atoms with E-state index in [2.05, 4.69) is 25.3 Å². The standard InChI is InChI=1S/C11H18N6O/c1-2-18-11-14-9(16-12)13-10(15-11)17-6-7-3-4-8(17)5-7/h7-8H,2-6,12H2,1H3,(H,13,14,15,16). The van der Waals surface area contributed by atoms with Crippen LogP contribution in [0, 0.1) is 5.92 Å². The molecule has 1 saturated carbocycles. The Hall–Kier alpha value is -1.63. The Morgan fingerprint density at radius 1 is 1.39 bits per heavy atom. The Morgan fingerprint density at radius 2 is 2.28 bits per heavy atom. The molecule has 1 aliphatic carbocycles. The Bertz CT molecular complexity index is 440. The minimum absolute atomic E-state index is 0.332. The first-order valence-corrected chi connectivity index (χ1v) is 6.42. The van der Waals surface area contributed by atoms with Crippen LogP contribution in [0.15, 0.2) is 0 Å². The number of nitrogens with zero attached hydrogens (tertiary/aromatic N) is 4. The molecular formula is C11H18N6O. The van der Waals surface area contributed by atoms with Gasteiger partial charge in [0.2, 0.25) is 11.9 Å². The molecule has 0 amide bonds. The van der Waals surface area contributed by atoms with E-state index in [4.69, 9.17) is 10.6 Å². The fraction of sp³-hybridized carbons (Fsp3) is 0.727. The number of ether oxygens (including phenoxy) is 1. The highest BCUT2D eigenvalue weighted by Crippen LogP contribution is 2.39. The van der Waals surface area contributed by atoms with Crippen LogP contribution in [-0.2, 0) is 0 Å². The first-order valence-electron chi connectivity index (χ1n) is 6.42. The molecule has 0 aromatic carbocycles. The third kappa shape index (κ3) is 1.94. The molecule has 98 valence electrons. The fourth-order valence-electron chi connectivity index (χ4n) is 2.90. The van der Waals surface area contributed by atoms with Crippen LogP contribution < -0.4 is 20.9 Å². The number of piperidine rings is 1.